The van der Waals surface area contributed by atoms with Crippen molar-refractivity contribution < 1.29 is 13.9 Å². The van der Waals surface area contributed by atoms with Crippen LogP contribution in [0.5, 0.6) is 0 Å². The van der Waals surface area contributed by atoms with Crippen molar-refractivity contribution in [1.82, 2.24) is 10.3 Å². The third-order valence-corrected chi connectivity index (χ3v) is 4.16. The number of nitrogens with one attached hydrogen (secondary N) is 2. The van der Waals surface area contributed by atoms with Crippen LogP contribution in [0, 0.1) is 6.92 Å². The van der Waals surface area contributed by atoms with Crippen molar-refractivity contribution in [2.45, 2.75) is 45.3 Å². The molecule has 1 aliphatic heterocycles. The molecule has 1 fully saturated rings. The molecule has 0 unspecified atom stereocenters. The van der Waals surface area contributed by atoms with E-state index in [0.29, 0.717) is 11.6 Å². The number of rotatable bonds is 5. The summed E-state index contributed by atoms with van der Waals surface area (Å²) in [5.41, 5.74) is 2.35. The number of anilines is 1. The zero-order valence-corrected chi connectivity index (χ0v) is 14.0. The fraction of sp³-hybridized carbons (Fsp3) is 0.444. The maximum atomic E-state index is 12.3. The molecule has 2 heterocycles. The topological polar surface area (TPSA) is 76.4 Å². The van der Waals surface area contributed by atoms with Gasteiger partial charge >= 0.3 is 6.03 Å². The molecule has 3 rings (SSSR count). The van der Waals surface area contributed by atoms with Gasteiger partial charge in [-0.25, -0.2) is 9.78 Å². The minimum Gasteiger partial charge on any atom is -0.444 e. The Balaban J connectivity index is 1.63. The predicted molar refractivity (Wildman–Crippen MR) is 91.9 cm³/mol. The monoisotopic (exact) mass is 329 g/mol. The van der Waals surface area contributed by atoms with Gasteiger partial charge in [0.1, 0.15) is 6.26 Å². The van der Waals surface area contributed by atoms with Gasteiger partial charge in [-0.1, -0.05) is 13.0 Å². The average molecular weight is 329 g/mol. The highest BCUT2D eigenvalue weighted by atomic mass is 16.5. The lowest BCUT2D eigenvalue weighted by Gasteiger charge is -2.23. The van der Waals surface area contributed by atoms with E-state index in [1.54, 1.807) is 6.26 Å². The Kier molecular flexibility index (Phi) is 5.15. The summed E-state index contributed by atoms with van der Waals surface area (Å²) in [6.45, 7) is 4.71. The maximum Gasteiger partial charge on any atom is 0.319 e. The van der Waals surface area contributed by atoms with E-state index in [9.17, 15) is 4.79 Å². The van der Waals surface area contributed by atoms with E-state index in [1.807, 2.05) is 31.2 Å². The van der Waals surface area contributed by atoms with Crippen molar-refractivity contribution in [2.75, 3.05) is 11.9 Å². The number of carbonyl (C=O) groups excluding carboxylic acids is 1. The highest BCUT2D eigenvalue weighted by molar-refractivity contribution is 5.90. The summed E-state index contributed by atoms with van der Waals surface area (Å²) in [5.74, 6) is 0.544. The van der Waals surface area contributed by atoms with Gasteiger partial charge in [-0.2, -0.15) is 0 Å². The smallest absolute Gasteiger partial charge is 0.319 e. The number of urea groups is 1. The Labute approximate surface area is 141 Å². The second-order valence-electron chi connectivity index (χ2n) is 6.04. The van der Waals surface area contributed by atoms with Crippen LogP contribution in [0.2, 0.25) is 0 Å². The lowest BCUT2D eigenvalue weighted by molar-refractivity contribution is 0.0804. The Hall–Kier alpha value is -2.34. The number of nitrogens with zero attached hydrogens (tertiary/aromatic N) is 1. The molecule has 2 N–H and O–H groups in total. The molecule has 2 amide bonds. The first-order chi connectivity index (χ1) is 11.7. The minimum atomic E-state index is -0.224. The molecular weight excluding hydrogens is 306 g/mol. The molecule has 128 valence electrons. The van der Waals surface area contributed by atoms with Gasteiger partial charge in [-0.15, -0.1) is 0 Å². The molecule has 1 aromatic heterocycles. The van der Waals surface area contributed by atoms with Crippen molar-refractivity contribution in [3.8, 4) is 11.5 Å². The van der Waals surface area contributed by atoms with Crippen LogP contribution < -0.4 is 10.6 Å². The van der Waals surface area contributed by atoms with E-state index >= 15 is 0 Å². The summed E-state index contributed by atoms with van der Waals surface area (Å²) in [7, 11) is 0. The van der Waals surface area contributed by atoms with Crippen molar-refractivity contribution in [2.24, 2.45) is 0 Å². The number of oxazole rings is 1. The molecule has 2 aromatic rings. The molecule has 2 atom stereocenters. The van der Waals surface area contributed by atoms with Crippen molar-refractivity contribution in [3.05, 3.63) is 36.2 Å². The summed E-state index contributed by atoms with van der Waals surface area (Å²) in [5, 5.41) is 5.88. The van der Waals surface area contributed by atoms with E-state index < -0.39 is 0 Å². The van der Waals surface area contributed by atoms with Gasteiger partial charge in [0.05, 0.1) is 17.8 Å². The van der Waals surface area contributed by atoms with E-state index in [-0.39, 0.29) is 18.2 Å². The van der Waals surface area contributed by atoms with Gasteiger partial charge < -0.3 is 19.8 Å². The fourth-order valence-corrected chi connectivity index (χ4v) is 2.93. The molecule has 6 heteroatoms. The zero-order valence-electron chi connectivity index (χ0n) is 14.0. The Morgan fingerprint density at radius 3 is 3.00 bits per heavy atom. The summed E-state index contributed by atoms with van der Waals surface area (Å²) >= 11 is 0. The number of amides is 2. The minimum absolute atomic E-state index is 0.0325. The summed E-state index contributed by atoms with van der Waals surface area (Å²) in [6, 6.07) is 7.25. The van der Waals surface area contributed by atoms with Crippen molar-refractivity contribution in [1.29, 1.82) is 0 Å². The Morgan fingerprint density at radius 2 is 2.33 bits per heavy atom. The van der Waals surface area contributed by atoms with Gasteiger partial charge in [0.2, 0.25) is 5.89 Å². The number of hydrogen-bond acceptors (Lipinski definition) is 4. The quantitative estimate of drug-likeness (QED) is 0.876. The standard InChI is InChI=1S/C18H23N3O3/c1-3-15(16-8-5-9-23-16)21-18(22)20-14-7-4-6-13(10-14)17-19-12(2)11-24-17/h4,6-7,10-11,15-16H,3,5,8-9H2,1-2H3,(H2,20,21,22)/t15-,16+/m0/s1. The highest BCUT2D eigenvalue weighted by Crippen LogP contribution is 2.22. The van der Waals surface area contributed by atoms with Crippen LogP contribution in [0.15, 0.2) is 34.9 Å². The number of aryl methyl sites for hydroxylation is 1. The Bertz CT molecular complexity index is 692. The fourth-order valence-electron chi connectivity index (χ4n) is 2.93. The van der Waals surface area contributed by atoms with Gasteiger partial charge in [0.15, 0.2) is 0 Å². The third-order valence-electron chi connectivity index (χ3n) is 4.16. The number of benzene rings is 1. The molecule has 6 nitrogen and oxygen atoms in total. The second kappa shape index (κ2) is 7.49. The van der Waals surface area contributed by atoms with Gasteiger partial charge in [0.25, 0.3) is 0 Å². The molecule has 0 bridgehead atoms. The molecule has 1 aromatic carbocycles. The molecule has 0 saturated carbocycles. The van der Waals surface area contributed by atoms with E-state index in [4.69, 9.17) is 9.15 Å². The molecule has 0 radical (unpaired) electrons. The normalized spacial score (nSPS) is 18.3. The first-order valence-electron chi connectivity index (χ1n) is 8.37. The van der Waals surface area contributed by atoms with Gasteiger partial charge in [0, 0.05) is 17.9 Å². The number of aromatic nitrogens is 1. The van der Waals surface area contributed by atoms with Crippen molar-refractivity contribution in [3.63, 3.8) is 0 Å². The van der Waals surface area contributed by atoms with Crippen LogP contribution in [0.25, 0.3) is 11.5 Å². The zero-order chi connectivity index (χ0) is 16.9. The summed E-state index contributed by atoms with van der Waals surface area (Å²) in [6.07, 6.45) is 4.62. The molecule has 0 spiro atoms. The lowest BCUT2D eigenvalue weighted by atomic mass is 10.1. The van der Waals surface area contributed by atoms with Crippen LogP contribution in [-0.2, 0) is 4.74 Å². The van der Waals surface area contributed by atoms with Crippen molar-refractivity contribution >= 4 is 11.7 Å². The van der Waals surface area contributed by atoms with Crippen LogP contribution in [0.4, 0.5) is 10.5 Å². The molecule has 24 heavy (non-hydrogen) atoms. The third kappa shape index (κ3) is 3.94. The largest absolute Gasteiger partial charge is 0.444 e. The molecule has 1 saturated heterocycles. The van der Waals surface area contributed by atoms with Crippen LogP contribution in [0.1, 0.15) is 31.9 Å². The first-order valence-corrected chi connectivity index (χ1v) is 8.37. The number of ether oxygens (including phenoxy) is 1. The predicted octanol–water partition coefficient (Wildman–Crippen LogP) is 3.73. The van der Waals surface area contributed by atoms with E-state index in [2.05, 4.69) is 22.5 Å². The second-order valence-corrected chi connectivity index (χ2v) is 6.04. The van der Waals surface area contributed by atoms with E-state index in [0.717, 1.165) is 37.1 Å². The first kappa shape index (κ1) is 16.5. The summed E-state index contributed by atoms with van der Waals surface area (Å²) < 4.78 is 11.1. The highest BCUT2D eigenvalue weighted by Gasteiger charge is 2.25. The van der Waals surface area contributed by atoms with Gasteiger partial charge in [-0.3, -0.25) is 0 Å². The SMILES string of the molecule is CC[C@H](NC(=O)Nc1cccc(-c2nc(C)co2)c1)[C@H]1CCCO1. The molecule has 0 aliphatic carbocycles. The molecular formula is C18H23N3O3. The van der Waals surface area contributed by atoms with Crippen LogP contribution in [0.3, 0.4) is 0 Å². The van der Waals surface area contributed by atoms with Gasteiger partial charge in [-0.05, 0) is 44.4 Å². The number of hydrogen-bond donors (Lipinski definition) is 2. The molecule has 1 aliphatic rings. The maximum absolute atomic E-state index is 12.3. The Morgan fingerprint density at radius 1 is 1.46 bits per heavy atom. The summed E-state index contributed by atoms with van der Waals surface area (Å²) in [4.78, 5) is 16.6. The average Bonchev–Trinajstić information content (AvgIpc) is 3.24. The van der Waals surface area contributed by atoms with Crippen LogP contribution >= 0.6 is 0 Å². The van der Waals surface area contributed by atoms with E-state index in [1.165, 1.54) is 0 Å². The lowest BCUT2D eigenvalue weighted by Crippen LogP contribution is -2.44. The van der Waals surface area contributed by atoms with Crippen LogP contribution in [-0.4, -0.2) is 29.8 Å². The number of carbonyl (C=O) groups is 1.